The van der Waals surface area contributed by atoms with E-state index in [1.54, 1.807) is 109 Å². The number of Topliss-reactive ketones (excluding diaryl/α,β-unsaturated/α-hetero) is 2. The number of halogens is 4. The molecule has 81 heavy (non-hydrogen) atoms. The van der Waals surface area contributed by atoms with Gasteiger partial charge in [-0.2, -0.15) is 0 Å². The van der Waals surface area contributed by atoms with Crippen LogP contribution in [0.5, 0.6) is 0 Å². The van der Waals surface area contributed by atoms with Gasteiger partial charge in [0.1, 0.15) is 34.9 Å². The van der Waals surface area contributed by atoms with Gasteiger partial charge < -0.3 is 25.1 Å². The Hall–Kier alpha value is -6.69. The zero-order chi connectivity index (χ0) is 58.0. The average Bonchev–Trinajstić information content (AvgIpc) is 4.21. The molecule has 4 aromatic carbocycles. The van der Waals surface area contributed by atoms with E-state index in [9.17, 15) is 33.9 Å². The zero-order valence-corrected chi connectivity index (χ0v) is 52.5. The van der Waals surface area contributed by atoms with E-state index in [1.165, 1.54) is 0 Å². The summed E-state index contributed by atoms with van der Waals surface area (Å²) in [5.74, 6) is -2.27. The van der Waals surface area contributed by atoms with Crippen molar-refractivity contribution >= 4 is 150 Å². The van der Waals surface area contributed by atoms with Crippen LogP contribution in [0.1, 0.15) is 76.3 Å². The number of carboxylic acids is 1. The predicted molar refractivity (Wildman–Crippen MR) is 352 cm³/mol. The standard InChI is InChI=1S/C16H14N2O2.C14H10N2O2.C11H11BrO3.C11H12O3.C5H6N2.CH4.BHNS.I2.HI/c1-2-20-16(19)15-14(12-8-4-3-5-9-12)17-13-10-6-7-11-18(13)15;17-14(18)13-12(10-6-2-1-3-7-10)15-11-8-4-5-9-16(11)13;1-2-15-11(14)9(12)10(13)8-6-4-3-5-7-8;1-2-14-11(13)8-10(12)9-6-4-3-5-7-9;6-5-3-1-2-4-7-5;;1-2-3;1-2;/h3-11H,2H2,1H3;1-9H,(H,17,18);3-7,9H,2H2,1H3;3-7H,2,8H2,1H3;1-4H,(H2,6,7);1H4;3H;;1H. The number of nitrogens with zero attached hydrogens (tertiary/aromatic N) is 6. The molecule has 5 aromatic heterocycles. The Kier molecular flexibility index (Phi) is 36.9. The third kappa shape index (κ3) is 24.1. The summed E-state index contributed by atoms with van der Waals surface area (Å²) >= 11 is 10.5. The van der Waals surface area contributed by atoms with Gasteiger partial charge >= 0.3 is 48.6 Å². The molecule has 17 nitrogen and oxygen atoms in total. The normalized spacial score (nSPS) is 9.80. The SMILES string of the molecule is C.CCOC(=O)C(Br)C(=O)c1ccccc1.CCOC(=O)CC(=O)c1ccccc1.CCOC(=O)c1c(-c2ccccc2)nc2ccccn12.I.II.Nc1ccccn1.O=C(O)c1c(-c2ccccc2)nc2ccccn12.[B]=NS. The van der Waals surface area contributed by atoms with Gasteiger partial charge in [-0.15, -0.1) is 24.0 Å². The molecule has 5 heterocycles. The Labute approximate surface area is 526 Å². The number of ketones is 2. The average molecular weight is 1520 g/mol. The number of ether oxygens (including phenoxy) is 3. The number of fused-ring (bicyclic) bond motifs is 2. The van der Waals surface area contributed by atoms with E-state index in [-0.39, 0.29) is 67.7 Å². The number of thiol groups is 1. The Morgan fingerprint density at radius 1 is 0.630 bits per heavy atom. The summed E-state index contributed by atoms with van der Waals surface area (Å²) in [6.45, 7) is 6.12. The second-order valence-corrected chi connectivity index (χ2v) is 16.4. The first kappa shape index (κ1) is 72.3. The van der Waals surface area contributed by atoms with Crippen LogP contribution in [0.3, 0.4) is 0 Å². The second-order valence-electron chi connectivity index (χ2n) is 15.2. The quantitative estimate of drug-likeness (QED) is 0.0142. The molecule has 0 aliphatic carbocycles. The molecule has 0 aliphatic rings. The van der Waals surface area contributed by atoms with Crippen LogP contribution in [0, 0.1) is 0 Å². The van der Waals surface area contributed by atoms with Crippen LogP contribution in [0.25, 0.3) is 33.8 Å². The number of carboxylic acid groups (broad SMARTS) is 1. The predicted octanol–water partition coefficient (Wildman–Crippen LogP) is 13.8. The summed E-state index contributed by atoms with van der Waals surface area (Å²) in [6, 6.07) is 52.8. The van der Waals surface area contributed by atoms with Crippen LogP contribution < -0.4 is 5.73 Å². The molecule has 0 aliphatic heterocycles. The molecule has 1 unspecified atom stereocenters. The molecule has 23 heteroatoms. The van der Waals surface area contributed by atoms with Crippen molar-refractivity contribution in [3.63, 3.8) is 0 Å². The van der Waals surface area contributed by atoms with Crippen molar-refractivity contribution in [2.45, 2.75) is 39.4 Å². The molecule has 0 fully saturated rings. The number of benzene rings is 4. The molecule has 423 valence electrons. The molecule has 0 amide bonds. The number of carbonyl (C=O) groups excluding carboxylic acids is 5. The molecular formula is C58H59BBrI3N7O10S. The minimum atomic E-state index is -0.979. The maximum atomic E-state index is 12.2. The van der Waals surface area contributed by atoms with Gasteiger partial charge in [-0.1, -0.05) is 163 Å². The maximum absolute atomic E-state index is 12.2. The molecule has 9 aromatic rings. The molecule has 1 atom stereocenters. The molecule has 0 bridgehead atoms. The number of esters is 3. The third-order valence-corrected chi connectivity index (χ3v) is 10.8. The Bertz CT molecular complexity index is 3320. The molecular weight excluding hydrogens is 1460 g/mol. The minimum absolute atomic E-state index is 0. The van der Waals surface area contributed by atoms with Crippen molar-refractivity contribution in [3.8, 4) is 22.5 Å². The summed E-state index contributed by atoms with van der Waals surface area (Å²) in [5.41, 5.74) is 11.2. The van der Waals surface area contributed by atoms with Crippen LogP contribution in [0.4, 0.5) is 5.82 Å². The van der Waals surface area contributed by atoms with Crippen molar-refractivity contribution < 1.29 is 48.1 Å². The van der Waals surface area contributed by atoms with Gasteiger partial charge in [0.2, 0.25) is 0 Å². The van der Waals surface area contributed by atoms with Crippen LogP contribution in [0.2, 0.25) is 0 Å². The second kappa shape index (κ2) is 41.3. The number of aromatic nitrogens is 5. The zero-order valence-electron chi connectivity index (χ0n) is 43.3. The fraction of sp³-hybridized carbons (Fsp3) is 0.155. The summed E-state index contributed by atoms with van der Waals surface area (Å²) in [7, 11) is 4.34. The van der Waals surface area contributed by atoms with E-state index < -0.39 is 22.7 Å². The monoisotopic (exact) mass is 1520 g/mol. The van der Waals surface area contributed by atoms with E-state index in [0.717, 1.165) is 16.8 Å². The Morgan fingerprint density at radius 3 is 1.44 bits per heavy atom. The number of hydrogen-bond acceptors (Lipinski definition) is 15. The Balaban J connectivity index is 0.000000505. The third-order valence-electron chi connectivity index (χ3n) is 10.0. The van der Waals surface area contributed by atoms with E-state index in [1.807, 2.05) is 115 Å². The number of nitrogens with two attached hydrogens (primary N) is 1. The van der Waals surface area contributed by atoms with Crippen LogP contribution in [-0.4, -0.2) is 96.6 Å². The Morgan fingerprint density at radius 2 is 1.04 bits per heavy atom. The number of aromatic carboxylic acids is 1. The van der Waals surface area contributed by atoms with E-state index >= 15 is 0 Å². The van der Waals surface area contributed by atoms with E-state index in [2.05, 4.69) is 97.6 Å². The van der Waals surface area contributed by atoms with Crippen molar-refractivity contribution in [2.24, 2.45) is 4.30 Å². The number of carbonyl (C=O) groups is 6. The summed E-state index contributed by atoms with van der Waals surface area (Å²) in [4.78, 5) is 80.8. The summed E-state index contributed by atoms with van der Waals surface area (Å²) in [5, 5.41) is 9.35. The van der Waals surface area contributed by atoms with Gasteiger partial charge in [0.15, 0.2) is 27.8 Å². The molecule has 0 spiro atoms. The van der Waals surface area contributed by atoms with Gasteiger partial charge in [-0.25, -0.2) is 24.5 Å². The van der Waals surface area contributed by atoms with Crippen molar-refractivity contribution in [3.05, 3.63) is 217 Å². The van der Waals surface area contributed by atoms with Crippen LogP contribution >= 0.6 is 90.0 Å². The first-order valence-electron chi connectivity index (χ1n) is 23.7. The summed E-state index contributed by atoms with van der Waals surface area (Å²) in [6.07, 6.45) is 5.01. The number of pyridine rings is 3. The number of rotatable bonds is 13. The van der Waals surface area contributed by atoms with Gasteiger partial charge in [-0.05, 0) is 57.2 Å². The first-order chi connectivity index (χ1) is 38.3. The molecule has 0 saturated heterocycles. The number of nitrogen functional groups attached to an aromatic ring is 1. The number of alkyl halides is 1. The molecule has 0 saturated carbocycles. The van der Waals surface area contributed by atoms with Crippen LogP contribution in [0.15, 0.2) is 199 Å². The van der Waals surface area contributed by atoms with Crippen molar-refractivity contribution in [2.75, 3.05) is 25.6 Å². The number of hydrogen-bond donors (Lipinski definition) is 3. The van der Waals surface area contributed by atoms with Crippen molar-refractivity contribution in [1.29, 1.82) is 0 Å². The molecule has 3 N–H and O–H groups in total. The van der Waals surface area contributed by atoms with Gasteiger partial charge in [0.05, 0.1) is 19.8 Å². The molecule has 9 rings (SSSR count). The fourth-order valence-corrected chi connectivity index (χ4v) is 7.10. The first-order valence-corrected chi connectivity index (χ1v) is 31.3. The number of anilines is 1. The van der Waals surface area contributed by atoms with E-state index in [4.69, 9.17) is 15.2 Å². The van der Waals surface area contributed by atoms with Gasteiger partial charge in [0.25, 0.3) is 0 Å². The fourth-order valence-electron chi connectivity index (χ4n) is 6.70. The molecule has 1 radical (unpaired) electrons. The van der Waals surface area contributed by atoms with Gasteiger partial charge in [-0.3, -0.25) is 28.0 Å². The van der Waals surface area contributed by atoms with Crippen LogP contribution in [-0.2, 0) is 23.8 Å². The topological polar surface area (TPSA) is 236 Å². The van der Waals surface area contributed by atoms with Crippen molar-refractivity contribution in [1.82, 2.24) is 23.8 Å². The van der Waals surface area contributed by atoms with Gasteiger partial charge in [0, 0.05) is 78.1 Å². The van der Waals surface area contributed by atoms with E-state index in [0.29, 0.717) is 52.9 Å². The number of imidazole rings is 2. The summed E-state index contributed by atoms with van der Waals surface area (Å²) < 4.78 is 20.6.